The van der Waals surface area contributed by atoms with Crippen molar-refractivity contribution in [3.05, 3.63) is 29.3 Å². The molecule has 0 radical (unpaired) electrons. The average molecular weight is 352 g/mol. The smallest absolute Gasteiger partial charge is 0.387 e. The maximum Gasteiger partial charge on any atom is 0.387 e. The molecule has 25 heavy (non-hydrogen) atoms. The van der Waals surface area contributed by atoms with Gasteiger partial charge in [0.2, 0.25) is 5.91 Å². The third kappa shape index (κ3) is 4.29. The van der Waals surface area contributed by atoms with Crippen LogP contribution in [0.2, 0.25) is 0 Å². The number of ether oxygens (including phenoxy) is 1. The first-order chi connectivity index (χ1) is 11.9. The van der Waals surface area contributed by atoms with Crippen molar-refractivity contribution < 1.29 is 18.3 Å². The van der Waals surface area contributed by atoms with E-state index >= 15 is 0 Å². The predicted molar refractivity (Wildman–Crippen MR) is 91.2 cm³/mol. The second-order valence-electron chi connectivity index (χ2n) is 7.40. The van der Waals surface area contributed by atoms with Crippen LogP contribution in [0.25, 0.3) is 0 Å². The van der Waals surface area contributed by atoms with Crippen molar-refractivity contribution in [2.75, 3.05) is 0 Å². The molecule has 2 unspecified atom stereocenters. The predicted octanol–water partition coefficient (Wildman–Crippen LogP) is 3.37. The van der Waals surface area contributed by atoms with E-state index < -0.39 is 6.61 Å². The van der Waals surface area contributed by atoms with E-state index in [1.54, 1.807) is 12.1 Å². The van der Waals surface area contributed by atoms with Crippen molar-refractivity contribution in [2.45, 2.75) is 58.2 Å². The Morgan fingerprint density at radius 1 is 1.32 bits per heavy atom. The summed E-state index contributed by atoms with van der Waals surface area (Å²) in [4.78, 5) is 12.6. The number of amides is 1. The zero-order valence-corrected chi connectivity index (χ0v) is 14.5. The Balaban J connectivity index is 1.62. The molecule has 0 aliphatic heterocycles. The maximum absolute atomic E-state index is 12.6. The molecule has 2 bridgehead atoms. The number of carbonyl (C=O) groups excluding carboxylic acids is 1. The summed E-state index contributed by atoms with van der Waals surface area (Å²) in [5, 5.41) is 2.91. The highest BCUT2D eigenvalue weighted by Crippen LogP contribution is 2.41. The van der Waals surface area contributed by atoms with E-state index in [0.717, 1.165) is 31.2 Å². The minimum atomic E-state index is -2.88. The lowest BCUT2D eigenvalue weighted by molar-refractivity contribution is -0.128. The highest BCUT2D eigenvalue weighted by Gasteiger charge is 2.40. The van der Waals surface area contributed by atoms with Crippen molar-refractivity contribution >= 4 is 5.91 Å². The Morgan fingerprint density at radius 2 is 2.00 bits per heavy atom. The molecule has 6 heteroatoms. The molecule has 2 aliphatic rings. The van der Waals surface area contributed by atoms with Gasteiger partial charge < -0.3 is 15.8 Å². The molecule has 1 aromatic carbocycles. The zero-order chi connectivity index (χ0) is 18.0. The summed E-state index contributed by atoms with van der Waals surface area (Å²) in [6.07, 6.45) is 5.07. The number of hydrogen-bond donors (Lipinski definition) is 2. The zero-order valence-electron chi connectivity index (χ0n) is 14.5. The van der Waals surface area contributed by atoms with Gasteiger partial charge in [0.25, 0.3) is 0 Å². The number of fused-ring (bicyclic) bond motifs is 2. The fraction of sp³-hybridized carbons (Fsp3) is 0.632. The monoisotopic (exact) mass is 352 g/mol. The fourth-order valence-electron chi connectivity index (χ4n) is 4.39. The molecule has 2 fully saturated rings. The molecule has 1 aromatic rings. The molecule has 4 nitrogen and oxygen atoms in total. The van der Waals surface area contributed by atoms with Gasteiger partial charge in [-0.05, 0) is 50.5 Å². The molecule has 2 aliphatic carbocycles. The van der Waals surface area contributed by atoms with Crippen LogP contribution in [0.5, 0.6) is 5.75 Å². The first kappa shape index (κ1) is 18.1. The van der Waals surface area contributed by atoms with Gasteiger partial charge in [-0.3, -0.25) is 4.79 Å². The third-order valence-electron chi connectivity index (χ3n) is 5.67. The van der Waals surface area contributed by atoms with E-state index in [2.05, 4.69) is 10.1 Å². The van der Waals surface area contributed by atoms with Crippen LogP contribution in [-0.4, -0.2) is 18.6 Å². The van der Waals surface area contributed by atoms with E-state index in [0.29, 0.717) is 17.4 Å². The Kier molecular flexibility index (Phi) is 5.57. The number of alkyl halides is 2. The summed E-state index contributed by atoms with van der Waals surface area (Å²) in [6.45, 7) is -0.807. The first-order valence-electron chi connectivity index (χ1n) is 9.01. The van der Waals surface area contributed by atoms with Gasteiger partial charge in [-0.15, -0.1) is 0 Å². The van der Waals surface area contributed by atoms with Crippen LogP contribution in [0.3, 0.4) is 0 Å². The van der Waals surface area contributed by atoms with Crippen LogP contribution in [0.15, 0.2) is 18.2 Å². The molecule has 0 spiro atoms. The van der Waals surface area contributed by atoms with Crippen molar-refractivity contribution in [3.63, 3.8) is 0 Å². The minimum Gasteiger partial charge on any atom is -0.434 e. The van der Waals surface area contributed by atoms with Crippen molar-refractivity contribution in [3.8, 4) is 5.75 Å². The second-order valence-corrected chi connectivity index (χ2v) is 7.40. The quantitative estimate of drug-likeness (QED) is 0.854. The second kappa shape index (κ2) is 7.68. The number of carbonyl (C=O) groups is 1. The van der Waals surface area contributed by atoms with E-state index in [9.17, 15) is 13.6 Å². The normalized spacial score (nSPS) is 28.7. The molecule has 0 saturated heterocycles. The first-order valence-corrected chi connectivity index (χ1v) is 9.01. The van der Waals surface area contributed by atoms with Gasteiger partial charge >= 0.3 is 6.61 Å². The number of benzene rings is 1. The minimum absolute atomic E-state index is 0.00620. The number of rotatable bonds is 5. The Morgan fingerprint density at radius 3 is 2.64 bits per heavy atom. The highest BCUT2D eigenvalue weighted by molar-refractivity contribution is 5.78. The van der Waals surface area contributed by atoms with E-state index in [1.165, 1.54) is 12.5 Å². The molecular formula is C19H26F2N2O2. The lowest BCUT2D eigenvalue weighted by Crippen LogP contribution is -2.49. The summed E-state index contributed by atoms with van der Waals surface area (Å²) < 4.78 is 29.6. The summed E-state index contributed by atoms with van der Waals surface area (Å²) in [6, 6.07) is 5.23. The average Bonchev–Trinajstić information content (AvgIpc) is 2.54. The van der Waals surface area contributed by atoms with Crippen LogP contribution in [0.1, 0.15) is 43.2 Å². The number of nitrogens with one attached hydrogen (secondary N) is 1. The van der Waals surface area contributed by atoms with Gasteiger partial charge in [0.05, 0.1) is 0 Å². The van der Waals surface area contributed by atoms with Gasteiger partial charge in [-0.25, -0.2) is 0 Å². The van der Waals surface area contributed by atoms with E-state index in [4.69, 9.17) is 5.73 Å². The Bertz CT molecular complexity index is 609. The van der Waals surface area contributed by atoms with Crippen LogP contribution >= 0.6 is 0 Å². The maximum atomic E-state index is 12.6. The number of hydrogen-bond acceptors (Lipinski definition) is 3. The van der Waals surface area contributed by atoms with Gasteiger partial charge in [0.1, 0.15) is 5.75 Å². The van der Waals surface area contributed by atoms with Gasteiger partial charge in [-0.1, -0.05) is 24.1 Å². The van der Waals surface area contributed by atoms with Crippen LogP contribution < -0.4 is 15.8 Å². The van der Waals surface area contributed by atoms with Gasteiger partial charge in [0.15, 0.2) is 0 Å². The summed E-state index contributed by atoms with van der Waals surface area (Å²) in [5.41, 5.74) is 7.78. The highest BCUT2D eigenvalue weighted by atomic mass is 19.3. The van der Waals surface area contributed by atoms with Crippen LogP contribution in [-0.2, 0) is 11.3 Å². The van der Waals surface area contributed by atoms with Crippen molar-refractivity contribution in [1.29, 1.82) is 0 Å². The molecule has 2 saturated carbocycles. The number of aryl methyl sites for hydroxylation is 1. The lowest BCUT2D eigenvalue weighted by atomic mass is 9.65. The van der Waals surface area contributed by atoms with Gasteiger partial charge in [0, 0.05) is 24.1 Å². The molecule has 1 amide bonds. The van der Waals surface area contributed by atoms with Crippen LogP contribution in [0, 0.1) is 24.7 Å². The Hall–Kier alpha value is -1.69. The summed E-state index contributed by atoms with van der Waals surface area (Å²) in [7, 11) is 0. The number of halogens is 2. The lowest BCUT2D eigenvalue weighted by Gasteiger charge is -2.43. The molecular weight excluding hydrogens is 326 g/mol. The summed E-state index contributed by atoms with van der Waals surface area (Å²) in [5.74, 6) is 0.941. The molecule has 0 aromatic heterocycles. The third-order valence-corrected chi connectivity index (χ3v) is 5.67. The SMILES string of the molecule is Cc1ccc(OC(F)F)c(CNC(=O)C2CC3CCCC(C2)C3N)c1. The standard InChI is InChI=1S/C19H26F2N2O2/c1-11-5-6-16(25-19(20)21)15(7-11)10-23-18(24)14-8-12-3-2-4-13(9-14)17(12)22/h5-7,12-14,17,19H,2-4,8-10,22H2,1H3,(H,23,24). The fourth-order valence-corrected chi connectivity index (χ4v) is 4.39. The van der Waals surface area contributed by atoms with Crippen molar-refractivity contribution in [1.82, 2.24) is 5.32 Å². The molecule has 138 valence electrons. The number of nitrogens with two attached hydrogens (primary N) is 1. The Labute approximate surface area is 147 Å². The summed E-state index contributed by atoms with van der Waals surface area (Å²) >= 11 is 0. The molecule has 3 rings (SSSR count). The molecule has 3 N–H and O–H groups in total. The largest absolute Gasteiger partial charge is 0.434 e. The van der Waals surface area contributed by atoms with E-state index in [1.807, 2.05) is 6.92 Å². The van der Waals surface area contributed by atoms with Gasteiger partial charge in [-0.2, -0.15) is 8.78 Å². The topological polar surface area (TPSA) is 64.3 Å². The van der Waals surface area contributed by atoms with Crippen molar-refractivity contribution in [2.24, 2.45) is 23.5 Å². The molecule has 0 heterocycles. The van der Waals surface area contributed by atoms with Crippen LogP contribution in [0.4, 0.5) is 8.78 Å². The molecule has 2 atom stereocenters. The van der Waals surface area contributed by atoms with E-state index in [-0.39, 0.29) is 30.2 Å².